The van der Waals surface area contributed by atoms with Crippen LogP contribution in [0, 0.1) is 5.92 Å². The summed E-state index contributed by atoms with van der Waals surface area (Å²) < 4.78 is 5.98. The van der Waals surface area contributed by atoms with E-state index in [2.05, 4.69) is 16.0 Å². The lowest BCUT2D eigenvalue weighted by atomic mass is 9.97. The summed E-state index contributed by atoms with van der Waals surface area (Å²) in [7, 11) is 1.53. The van der Waals surface area contributed by atoms with Crippen molar-refractivity contribution in [2.24, 2.45) is 5.92 Å². The van der Waals surface area contributed by atoms with Crippen LogP contribution in [-0.2, 0) is 36.9 Å². The van der Waals surface area contributed by atoms with Gasteiger partial charge in [0, 0.05) is 33.2 Å². The van der Waals surface area contributed by atoms with Gasteiger partial charge in [-0.2, -0.15) is 0 Å². The molecule has 0 unspecified atom stereocenters. The Hall–Kier alpha value is -3.80. The van der Waals surface area contributed by atoms with E-state index >= 15 is 0 Å². The van der Waals surface area contributed by atoms with E-state index in [9.17, 15) is 24.3 Å². The van der Waals surface area contributed by atoms with Crippen LogP contribution in [0.5, 0.6) is 0 Å². The highest BCUT2D eigenvalue weighted by atomic mass is 16.5. The van der Waals surface area contributed by atoms with E-state index in [1.807, 2.05) is 79.4 Å². The van der Waals surface area contributed by atoms with Gasteiger partial charge in [-0.1, -0.05) is 74.5 Å². The van der Waals surface area contributed by atoms with E-state index in [-0.39, 0.29) is 31.3 Å². The molecule has 2 saturated heterocycles. The summed E-state index contributed by atoms with van der Waals surface area (Å²) in [5, 5.41) is 20.1. The van der Waals surface area contributed by atoms with Crippen molar-refractivity contribution in [1.82, 2.24) is 25.8 Å². The maximum Gasteiger partial charge on any atom is 0.245 e. The fourth-order valence-electron chi connectivity index (χ4n) is 5.86. The van der Waals surface area contributed by atoms with Gasteiger partial charge in [0.15, 0.2) is 0 Å². The van der Waals surface area contributed by atoms with E-state index in [1.165, 1.54) is 11.9 Å². The molecule has 2 fully saturated rings. The first-order chi connectivity index (χ1) is 21.5. The van der Waals surface area contributed by atoms with Crippen LogP contribution in [-0.4, -0.2) is 102 Å². The summed E-state index contributed by atoms with van der Waals surface area (Å²) in [6, 6.07) is 15.7. The molecule has 2 bridgehead atoms. The Balaban J connectivity index is 1.67. The van der Waals surface area contributed by atoms with Crippen molar-refractivity contribution in [3.8, 4) is 0 Å². The molecule has 2 aromatic carbocycles. The van der Waals surface area contributed by atoms with Crippen LogP contribution in [0.3, 0.4) is 0 Å². The second kappa shape index (κ2) is 16.0. The molecule has 45 heavy (non-hydrogen) atoms. The molecule has 0 radical (unpaired) electrons. The Bertz CT molecular complexity index is 1290. The molecule has 11 nitrogen and oxygen atoms in total. The van der Waals surface area contributed by atoms with E-state index in [1.54, 1.807) is 6.92 Å². The van der Waals surface area contributed by atoms with Gasteiger partial charge in [0.25, 0.3) is 0 Å². The molecule has 11 heteroatoms. The normalized spacial score (nSPS) is 27.8. The lowest BCUT2D eigenvalue weighted by Crippen LogP contribution is -2.60. The summed E-state index contributed by atoms with van der Waals surface area (Å²) in [5.41, 5.74) is 1.82. The number of carbonyl (C=O) groups excluding carboxylic acids is 4. The largest absolute Gasteiger partial charge is 0.388 e. The van der Waals surface area contributed by atoms with Crippen LogP contribution in [0.4, 0.5) is 0 Å². The van der Waals surface area contributed by atoms with Gasteiger partial charge in [0.05, 0.1) is 18.7 Å². The molecule has 0 spiro atoms. The van der Waals surface area contributed by atoms with Crippen molar-refractivity contribution in [1.29, 1.82) is 0 Å². The first-order valence-corrected chi connectivity index (χ1v) is 15.8. The maximum atomic E-state index is 13.7. The Kier molecular flexibility index (Phi) is 12.1. The first kappa shape index (κ1) is 34.1. The van der Waals surface area contributed by atoms with Crippen LogP contribution < -0.4 is 16.0 Å². The molecule has 0 aliphatic carbocycles. The molecule has 2 heterocycles. The number of rotatable bonds is 6. The third kappa shape index (κ3) is 9.59. The zero-order valence-corrected chi connectivity index (χ0v) is 26.6. The van der Waals surface area contributed by atoms with Crippen molar-refractivity contribution in [2.75, 3.05) is 26.7 Å². The van der Waals surface area contributed by atoms with Gasteiger partial charge >= 0.3 is 0 Å². The Morgan fingerprint density at radius 3 is 2.18 bits per heavy atom. The summed E-state index contributed by atoms with van der Waals surface area (Å²) in [4.78, 5) is 57.6. The van der Waals surface area contributed by atoms with Gasteiger partial charge < -0.3 is 30.7 Å². The Morgan fingerprint density at radius 2 is 1.53 bits per heavy atom. The first-order valence-electron chi connectivity index (χ1n) is 15.8. The predicted octanol–water partition coefficient (Wildman–Crippen LogP) is 1.24. The molecule has 0 aromatic heterocycles. The molecular weight excluding hydrogens is 574 g/mol. The van der Waals surface area contributed by atoms with Crippen LogP contribution >= 0.6 is 0 Å². The monoisotopic (exact) mass is 621 g/mol. The van der Waals surface area contributed by atoms with E-state index in [0.29, 0.717) is 26.0 Å². The molecule has 4 amide bonds. The molecule has 4 rings (SSSR count). The number of hydrogen-bond donors (Lipinski definition) is 4. The third-order valence-corrected chi connectivity index (χ3v) is 8.50. The molecule has 2 aromatic rings. The Morgan fingerprint density at radius 1 is 0.889 bits per heavy atom. The molecule has 0 saturated carbocycles. The van der Waals surface area contributed by atoms with Crippen LogP contribution in [0.15, 0.2) is 60.7 Å². The highest BCUT2D eigenvalue weighted by molar-refractivity contribution is 5.94. The lowest BCUT2D eigenvalue weighted by Gasteiger charge is -2.38. The van der Waals surface area contributed by atoms with Gasteiger partial charge in [-0.05, 0) is 36.8 Å². The predicted molar refractivity (Wildman–Crippen MR) is 170 cm³/mol. The zero-order chi connectivity index (χ0) is 32.5. The smallest absolute Gasteiger partial charge is 0.245 e. The number of nitrogens with zero attached hydrogens (tertiary/aromatic N) is 2. The summed E-state index contributed by atoms with van der Waals surface area (Å²) in [6.45, 7) is 6.42. The zero-order valence-electron chi connectivity index (χ0n) is 26.6. The maximum absolute atomic E-state index is 13.7. The van der Waals surface area contributed by atoms with Gasteiger partial charge in [-0.15, -0.1) is 0 Å². The van der Waals surface area contributed by atoms with Crippen molar-refractivity contribution >= 4 is 23.6 Å². The number of aliphatic hydroxyl groups is 1. The van der Waals surface area contributed by atoms with Crippen LogP contribution in [0.25, 0.3) is 0 Å². The number of fused-ring (bicyclic) bond motifs is 2. The minimum absolute atomic E-state index is 0.0424. The number of benzene rings is 2. The quantitative estimate of drug-likeness (QED) is 0.381. The van der Waals surface area contributed by atoms with E-state index in [0.717, 1.165) is 11.1 Å². The van der Waals surface area contributed by atoms with Crippen molar-refractivity contribution in [3.05, 3.63) is 71.8 Å². The van der Waals surface area contributed by atoms with Crippen molar-refractivity contribution in [2.45, 2.75) is 83.0 Å². The summed E-state index contributed by atoms with van der Waals surface area (Å²) in [5.74, 6) is -1.58. The van der Waals surface area contributed by atoms with Gasteiger partial charge in [0.1, 0.15) is 24.2 Å². The second-order valence-electron chi connectivity index (χ2n) is 12.6. The molecule has 2 aliphatic heterocycles. The fraction of sp³-hybridized carbons (Fsp3) is 0.529. The third-order valence-electron chi connectivity index (χ3n) is 8.50. The molecule has 4 N–H and O–H groups in total. The average Bonchev–Trinajstić information content (AvgIpc) is 3.01. The number of hydrogen-bond acceptors (Lipinski definition) is 7. The molecule has 2 aliphatic rings. The van der Waals surface area contributed by atoms with Crippen molar-refractivity contribution < 1.29 is 29.0 Å². The fourth-order valence-corrected chi connectivity index (χ4v) is 5.86. The van der Waals surface area contributed by atoms with Crippen molar-refractivity contribution in [3.63, 3.8) is 0 Å². The summed E-state index contributed by atoms with van der Waals surface area (Å²) >= 11 is 0. The highest BCUT2D eigenvalue weighted by Gasteiger charge is 2.38. The number of likely N-dealkylation sites (N-methyl/N-ethyl adjacent to an activating group) is 1. The number of amides is 4. The molecule has 6 atom stereocenters. The van der Waals surface area contributed by atoms with Crippen LogP contribution in [0.1, 0.15) is 44.7 Å². The average molecular weight is 622 g/mol. The number of nitrogens with one attached hydrogen (secondary N) is 3. The number of carbonyl (C=O) groups is 4. The highest BCUT2D eigenvalue weighted by Crippen LogP contribution is 2.19. The molecule has 244 valence electrons. The SMILES string of the molecule is CC(C)C[C@H]1NC(=O)CN(Cc2ccccc2)C[C@H]2OCC[C@H](NC(=O)[C@H](Cc3ccccc3)NC(=O)[C@H](C)N(C)C1=O)[C@@H]2O. The van der Waals surface area contributed by atoms with E-state index in [4.69, 9.17) is 4.74 Å². The van der Waals surface area contributed by atoms with Gasteiger partial charge in [-0.25, -0.2) is 0 Å². The van der Waals surface area contributed by atoms with E-state index < -0.39 is 54.1 Å². The molecular formula is C34H47N5O6. The second-order valence-corrected chi connectivity index (χ2v) is 12.6. The van der Waals surface area contributed by atoms with Crippen LogP contribution in [0.2, 0.25) is 0 Å². The Labute approximate surface area is 265 Å². The minimum Gasteiger partial charge on any atom is -0.388 e. The van der Waals surface area contributed by atoms with Gasteiger partial charge in [-0.3, -0.25) is 24.1 Å². The number of aliphatic hydroxyl groups excluding tert-OH is 1. The lowest BCUT2D eigenvalue weighted by molar-refractivity contribution is -0.142. The topological polar surface area (TPSA) is 140 Å². The standard InChI is InChI=1S/C34H47N5O6/c1-22(2)17-28-34(44)38(4)23(3)32(42)37-27(18-24-11-7-5-8-12-24)33(43)36-26-15-16-45-29(31(26)41)20-39(21-30(40)35-28)19-25-13-9-6-10-14-25/h5-14,22-23,26-29,31,41H,15-21H2,1-4H3,(H,35,40)(H,36,43)(H,37,42)/t23-,26-,27-,28+,29+,31-/m0/s1. The van der Waals surface area contributed by atoms with Gasteiger partial charge in [0.2, 0.25) is 23.6 Å². The number of ether oxygens (including phenoxy) is 1. The summed E-state index contributed by atoms with van der Waals surface area (Å²) in [6.07, 6.45) is -0.736. The minimum atomic E-state index is -1.05.